The smallest absolute Gasteiger partial charge is 0.228 e. The fourth-order valence-corrected chi connectivity index (χ4v) is 5.53. The summed E-state index contributed by atoms with van der Waals surface area (Å²) in [6.07, 6.45) is 4.49. The number of para-hydroxylation sites is 2. The summed E-state index contributed by atoms with van der Waals surface area (Å²) >= 11 is 1.60. The molecule has 1 atom stereocenters. The first kappa shape index (κ1) is 20.0. The molecule has 1 fully saturated rings. The number of rotatable bonds is 5. The predicted octanol–water partition coefficient (Wildman–Crippen LogP) is 4.38. The van der Waals surface area contributed by atoms with E-state index in [4.69, 9.17) is 4.98 Å². The number of thiazole rings is 1. The van der Waals surface area contributed by atoms with E-state index in [1.54, 1.807) is 11.3 Å². The maximum absolute atomic E-state index is 13.0. The number of imidazole rings is 1. The minimum atomic E-state index is 0.179. The molecule has 1 aromatic carbocycles. The molecule has 1 unspecified atom stereocenters. The highest BCUT2D eigenvalue weighted by molar-refractivity contribution is 7.12. The van der Waals surface area contributed by atoms with E-state index in [1.165, 1.54) is 0 Å². The van der Waals surface area contributed by atoms with E-state index in [0.717, 1.165) is 65.7 Å². The molecular weight excluding hydrogens is 406 g/mol. The van der Waals surface area contributed by atoms with E-state index in [2.05, 4.69) is 52.2 Å². The van der Waals surface area contributed by atoms with Gasteiger partial charge >= 0.3 is 0 Å². The standard InChI is InChI=1S/C24H27N5OS/c1-17-9-10-18(2)29(17)24-26-20(15-31-24)12-23(30)27-11-5-6-19(13-27)14-28-16-25-21-7-3-4-8-22(21)28/h3-4,7-10,15-16,19H,5-6,11-14H2,1-2H3. The van der Waals surface area contributed by atoms with Crippen LogP contribution in [-0.4, -0.2) is 43.0 Å². The van der Waals surface area contributed by atoms with Crippen LogP contribution in [0.4, 0.5) is 0 Å². The van der Waals surface area contributed by atoms with E-state index in [-0.39, 0.29) is 5.91 Å². The first-order chi connectivity index (χ1) is 15.1. The van der Waals surface area contributed by atoms with Gasteiger partial charge < -0.3 is 9.47 Å². The Hall–Kier alpha value is -2.93. The highest BCUT2D eigenvalue weighted by atomic mass is 32.1. The summed E-state index contributed by atoms with van der Waals surface area (Å²) in [5.74, 6) is 0.629. The lowest BCUT2D eigenvalue weighted by Crippen LogP contribution is -2.41. The Labute approximate surface area is 186 Å². The van der Waals surface area contributed by atoms with Crippen LogP contribution in [0.2, 0.25) is 0 Å². The van der Waals surface area contributed by atoms with E-state index in [9.17, 15) is 4.79 Å². The molecule has 5 rings (SSSR count). The third kappa shape index (κ3) is 4.02. The Balaban J connectivity index is 1.24. The molecule has 4 heterocycles. The zero-order valence-corrected chi connectivity index (χ0v) is 18.8. The number of carbonyl (C=O) groups excluding carboxylic acids is 1. The molecule has 0 N–H and O–H groups in total. The van der Waals surface area contributed by atoms with Crippen LogP contribution in [0.3, 0.4) is 0 Å². The maximum atomic E-state index is 13.0. The molecule has 31 heavy (non-hydrogen) atoms. The number of amides is 1. The van der Waals surface area contributed by atoms with Crippen molar-refractivity contribution in [3.8, 4) is 5.13 Å². The number of aryl methyl sites for hydroxylation is 2. The van der Waals surface area contributed by atoms with E-state index < -0.39 is 0 Å². The number of aromatic nitrogens is 4. The summed E-state index contributed by atoms with van der Waals surface area (Å²) < 4.78 is 4.37. The molecule has 1 saturated heterocycles. The lowest BCUT2D eigenvalue weighted by Gasteiger charge is -2.33. The molecule has 1 aliphatic rings. The fourth-order valence-electron chi connectivity index (χ4n) is 4.59. The first-order valence-corrected chi connectivity index (χ1v) is 11.7. The van der Waals surface area contributed by atoms with Crippen LogP contribution in [0.15, 0.2) is 48.1 Å². The molecule has 1 amide bonds. The van der Waals surface area contributed by atoms with Gasteiger partial charge in [-0.3, -0.25) is 9.36 Å². The minimum Gasteiger partial charge on any atom is -0.342 e. The maximum Gasteiger partial charge on any atom is 0.228 e. The van der Waals surface area contributed by atoms with Crippen LogP contribution in [0.1, 0.15) is 29.9 Å². The second-order valence-electron chi connectivity index (χ2n) is 8.48. The van der Waals surface area contributed by atoms with Crippen molar-refractivity contribution in [2.75, 3.05) is 13.1 Å². The van der Waals surface area contributed by atoms with E-state index >= 15 is 0 Å². The zero-order valence-electron chi connectivity index (χ0n) is 18.0. The lowest BCUT2D eigenvalue weighted by atomic mass is 9.97. The Morgan fingerprint density at radius 2 is 1.97 bits per heavy atom. The summed E-state index contributed by atoms with van der Waals surface area (Å²) in [5, 5.41) is 2.96. The van der Waals surface area contributed by atoms with Crippen molar-refractivity contribution in [1.82, 2.24) is 24.0 Å². The van der Waals surface area contributed by atoms with Crippen molar-refractivity contribution in [3.05, 3.63) is 65.2 Å². The van der Waals surface area contributed by atoms with Crippen molar-refractivity contribution in [2.45, 2.75) is 39.7 Å². The third-order valence-electron chi connectivity index (χ3n) is 6.19. The van der Waals surface area contributed by atoms with Crippen molar-refractivity contribution in [1.29, 1.82) is 0 Å². The minimum absolute atomic E-state index is 0.179. The van der Waals surface area contributed by atoms with Gasteiger partial charge in [-0.25, -0.2) is 9.97 Å². The SMILES string of the molecule is Cc1ccc(C)n1-c1nc(CC(=O)N2CCCC(Cn3cnc4ccccc43)C2)cs1. The summed E-state index contributed by atoms with van der Waals surface area (Å²) in [7, 11) is 0. The van der Waals surface area contributed by atoms with Gasteiger partial charge in [-0.15, -0.1) is 11.3 Å². The topological polar surface area (TPSA) is 56.0 Å². The molecule has 1 aliphatic heterocycles. The first-order valence-electron chi connectivity index (χ1n) is 10.9. The van der Waals surface area contributed by atoms with Gasteiger partial charge in [0.15, 0.2) is 5.13 Å². The van der Waals surface area contributed by atoms with Gasteiger partial charge in [0.05, 0.1) is 29.5 Å². The number of fused-ring (bicyclic) bond motifs is 1. The molecule has 0 spiro atoms. The van der Waals surface area contributed by atoms with Crippen molar-refractivity contribution in [2.24, 2.45) is 5.92 Å². The highest BCUT2D eigenvalue weighted by Gasteiger charge is 2.25. The van der Waals surface area contributed by atoms with Gasteiger partial charge in [-0.2, -0.15) is 0 Å². The normalized spacial score (nSPS) is 16.8. The van der Waals surface area contributed by atoms with Crippen molar-refractivity contribution in [3.63, 3.8) is 0 Å². The third-order valence-corrected chi connectivity index (χ3v) is 7.06. The quantitative estimate of drug-likeness (QED) is 0.469. The molecular formula is C24H27N5OS. The lowest BCUT2D eigenvalue weighted by molar-refractivity contribution is -0.132. The number of hydrogen-bond acceptors (Lipinski definition) is 4. The number of benzene rings is 1. The second-order valence-corrected chi connectivity index (χ2v) is 9.32. The highest BCUT2D eigenvalue weighted by Crippen LogP contribution is 2.23. The zero-order chi connectivity index (χ0) is 21.4. The Kier molecular flexibility index (Phi) is 5.36. The number of piperidine rings is 1. The van der Waals surface area contributed by atoms with Gasteiger partial charge in [0.1, 0.15) is 0 Å². The number of hydrogen-bond donors (Lipinski definition) is 0. The van der Waals surface area contributed by atoms with Crippen molar-refractivity contribution < 1.29 is 4.79 Å². The molecule has 3 aromatic heterocycles. The molecule has 0 saturated carbocycles. The fraction of sp³-hybridized carbons (Fsp3) is 0.375. The van der Waals surface area contributed by atoms with Gasteiger partial charge in [-0.1, -0.05) is 12.1 Å². The van der Waals surface area contributed by atoms with Crippen LogP contribution >= 0.6 is 11.3 Å². The molecule has 7 heteroatoms. The van der Waals surface area contributed by atoms with Crippen molar-refractivity contribution >= 4 is 28.3 Å². The van der Waals surface area contributed by atoms with Gasteiger partial charge in [0.2, 0.25) is 5.91 Å². The molecule has 0 bridgehead atoms. The summed E-state index contributed by atoms with van der Waals surface area (Å²) in [6, 6.07) is 12.4. The van der Waals surface area contributed by atoms with Crippen LogP contribution in [0, 0.1) is 19.8 Å². The van der Waals surface area contributed by atoms with Gasteiger partial charge in [0.25, 0.3) is 0 Å². The number of carbonyl (C=O) groups is 1. The summed E-state index contributed by atoms with van der Waals surface area (Å²) in [5.41, 5.74) is 5.38. The van der Waals surface area contributed by atoms with Gasteiger partial charge in [-0.05, 0) is 56.9 Å². The van der Waals surface area contributed by atoms with E-state index in [1.807, 2.05) is 28.7 Å². The Morgan fingerprint density at radius 3 is 2.81 bits per heavy atom. The van der Waals surface area contributed by atoms with Crippen LogP contribution in [0.25, 0.3) is 16.2 Å². The van der Waals surface area contributed by atoms with Crippen LogP contribution in [-0.2, 0) is 17.8 Å². The van der Waals surface area contributed by atoms with Crippen LogP contribution < -0.4 is 0 Å². The molecule has 0 aliphatic carbocycles. The molecule has 160 valence electrons. The Morgan fingerprint density at radius 1 is 1.16 bits per heavy atom. The molecule has 4 aromatic rings. The predicted molar refractivity (Wildman–Crippen MR) is 124 cm³/mol. The molecule has 6 nitrogen and oxygen atoms in total. The van der Waals surface area contributed by atoms with Crippen LogP contribution in [0.5, 0.6) is 0 Å². The second kappa shape index (κ2) is 8.30. The summed E-state index contributed by atoms with van der Waals surface area (Å²) in [4.78, 5) is 24.3. The average Bonchev–Trinajstić information content (AvgIpc) is 3.48. The largest absolute Gasteiger partial charge is 0.342 e. The number of nitrogens with zero attached hydrogens (tertiary/aromatic N) is 5. The van der Waals surface area contributed by atoms with Gasteiger partial charge in [0, 0.05) is 36.4 Å². The summed E-state index contributed by atoms with van der Waals surface area (Å²) in [6.45, 7) is 6.70. The monoisotopic (exact) mass is 433 g/mol. The van der Waals surface area contributed by atoms with E-state index in [0.29, 0.717) is 12.3 Å². The Bertz CT molecular complexity index is 1200. The molecule has 0 radical (unpaired) electrons. The number of likely N-dealkylation sites (tertiary alicyclic amines) is 1. The average molecular weight is 434 g/mol.